The van der Waals surface area contributed by atoms with E-state index in [4.69, 9.17) is 11.6 Å². The van der Waals surface area contributed by atoms with Crippen LogP contribution in [0.2, 0.25) is 5.28 Å². The second-order valence-corrected chi connectivity index (χ2v) is 3.74. The molecule has 1 aromatic heterocycles. The van der Waals surface area contributed by atoms with E-state index < -0.39 is 0 Å². The summed E-state index contributed by atoms with van der Waals surface area (Å²) in [7, 11) is 0. The van der Waals surface area contributed by atoms with Crippen molar-refractivity contribution in [2.45, 2.75) is 39.2 Å². The molecule has 1 unspecified atom stereocenters. The van der Waals surface area contributed by atoms with Crippen molar-refractivity contribution < 1.29 is 0 Å². The maximum atomic E-state index is 5.67. The molecule has 0 bridgehead atoms. The van der Waals surface area contributed by atoms with Crippen molar-refractivity contribution in [1.82, 2.24) is 9.97 Å². The third-order valence-electron chi connectivity index (χ3n) is 2.01. The summed E-state index contributed by atoms with van der Waals surface area (Å²) in [5, 5.41) is 3.57. The number of nitrogens with zero attached hydrogens (tertiary/aromatic N) is 2. The molecule has 1 rings (SSSR count). The van der Waals surface area contributed by atoms with Gasteiger partial charge in [0.2, 0.25) is 5.28 Å². The SMILES string of the molecule is CCCCC(C)Nc1ccnc(Cl)n1. The zero-order chi connectivity index (χ0) is 10.4. The number of halogens is 1. The Labute approximate surface area is 89.9 Å². The molecule has 0 aliphatic carbocycles. The molecule has 3 nitrogen and oxygen atoms in total. The highest BCUT2D eigenvalue weighted by Crippen LogP contribution is 2.10. The van der Waals surface area contributed by atoms with Crippen molar-refractivity contribution in [3.63, 3.8) is 0 Å². The predicted molar refractivity (Wildman–Crippen MR) is 59.7 cm³/mol. The highest BCUT2D eigenvalue weighted by Gasteiger charge is 2.02. The van der Waals surface area contributed by atoms with Crippen LogP contribution in [0.1, 0.15) is 33.1 Å². The zero-order valence-corrected chi connectivity index (χ0v) is 9.38. The van der Waals surface area contributed by atoms with E-state index in [1.807, 2.05) is 6.07 Å². The van der Waals surface area contributed by atoms with Crippen LogP contribution in [0, 0.1) is 0 Å². The summed E-state index contributed by atoms with van der Waals surface area (Å²) in [5.74, 6) is 0.800. The summed E-state index contributed by atoms with van der Waals surface area (Å²) in [6, 6.07) is 2.26. The van der Waals surface area contributed by atoms with Crippen molar-refractivity contribution in [2.75, 3.05) is 5.32 Å². The summed E-state index contributed by atoms with van der Waals surface area (Å²) >= 11 is 5.67. The minimum Gasteiger partial charge on any atom is -0.367 e. The maximum Gasteiger partial charge on any atom is 0.224 e. The summed E-state index contributed by atoms with van der Waals surface area (Å²) in [6.07, 6.45) is 5.26. The van der Waals surface area contributed by atoms with Gasteiger partial charge in [-0.25, -0.2) is 9.97 Å². The molecule has 0 saturated carbocycles. The molecular formula is C10H16ClN3. The first-order valence-electron chi connectivity index (χ1n) is 4.97. The fourth-order valence-electron chi connectivity index (χ4n) is 1.25. The Bertz CT molecular complexity index is 278. The lowest BCUT2D eigenvalue weighted by molar-refractivity contribution is 0.643. The van der Waals surface area contributed by atoms with Crippen LogP contribution >= 0.6 is 11.6 Å². The van der Waals surface area contributed by atoms with Crippen molar-refractivity contribution >= 4 is 17.4 Å². The molecule has 0 aromatic carbocycles. The van der Waals surface area contributed by atoms with Gasteiger partial charge in [0, 0.05) is 12.2 Å². The van der Waals surface area contributed by atoms with Gasteiger partial charge in [-0.15, -0.1) is 0 Å². The van der Waals surface area contributed by atoms with Crippen LogP contribution in [0.25, 0.3) is 0 Å². The van der Waals surface area contributed by atoms with E-state index in [0.717, 1.165) is 12.2 Å². The molecule has 14 heavy (non-hydrogen) atoms. The highest BCUT2D eigenvalue weighted by atomic mass is 35.5. The Morgan fingerprint density at radius 3 is 3.00 bits per heavy atom. The highest BCUT2D eigenvalue weighted by molar-refractivity contribution is 6.28. The van der Waals surface area contributed by atoms with Gasteiger partial charge in [-0.05, 0) is 31.0 Å². The molecular weight excluding hydrogens is 198 g/mol. The summed E-state index contributed by atoms with van der Waals surface area (Å²) in [4.78, 5) is 7.89. The van der Waals surface area contributed by atoms with Crippen LogP contribution in [-0.2, 0) is 0 Å². The Morgan fingerprint density at radius 1 is 1.57 bits per heavy atom. The topological polar surface area (TPSA) is 37.8 Å². The van der Waals surface area contributed by atoms with Crippen molar-refractivity contribution in [1.29, 1.82) is 0 Å². The van der Waals surface area contributed by atoms with Gasteiger partial charge in [0.1, 0.15) is 5.82 Å². The predicted octanol–water partition coefficient (Wildman–Crippen LogP) is 3.12. The van der Waals surface area contributed by atoms with Gasteiger partial charge in [-0.3, -0.25) is 0 Å². The number of unbranched alkanes of at least 4 members (excludes halogenated alkanes) is 1. The molecule has 4 heteroatoms. The average Bonchev–Trinajstić information content (AvgIpc) is 2.15. The molecule has 1 heterocycles. The molecule has 78 valence electrons. The summed E-state index contributed by atoms with van der Waals surface area (Å²) in [6.45, 7) is 4.33. The molecule has 1 N–H and O–H groups in total. The molecule has 1 atom stereocenters. The van der Waals surface area contributed by atoms with Gasteiger partial charge in [-0.2, -0.15) is 0 Å². The normalized spacial score (nSPS) is 12.5. The van der Waals surface area contributed by atoms with Crippen LogP contribution in [0.15, 0.2) is 12.3 Å². The van der Waals surface area contributed by atoms with E-state index in [1.165, 1.54) is 12.8 Å². The monoisotopic (exact) mass is 213 g/mol. The van der Waals surface area contributed by atoms with E-state index in [1.54, 1.807) is 6.20 Å². The van der Waals surface area contributed by atoms with Crippen molar-refractivity contribution in [2.24, 2.45) is 0 Å². The van der Waals surface area contributed by atoms with Crippen LogP contribution in [0.5, 0.6) is 0 Å². The first kappa shape index (κ1) is 11.2. The second-order valence-electron chi connectivity index (χ2n) is 3.40. The lowest BCUT2D eigenvalue weighted by atomic mass is 10.1. The number of nitrogens with one attached hydrogen (secondary N) is 1. The first-order chi connectivity index (χ1) is 6.72. The smallest absolute Gasteiger partial charge is 0.224 e. The number of anilines is 1. The van der Waals surface area contributed by atoms with Crippen LogP contribution in [0.3, 0.4) is 0 Å². The number of rotatable bonds is 5. The van der Waals surface area contributed by atoms with Gasteiger partial charge < -0.3 is 5.32 Å². The van der Waals surface area contributed by atoms with Gasteiger partial charge in [0.25, 0.3) is 0 Å². The largest absolute Gasteiger partial charge is 0.367 e. The third kappa shape index (κ3) is 3.92. The van der Waals surface area contributed by atoms with Crippen LogP contribution in [-0.4, -0.2) is 16.0 Å². The molecule has 1 aromatic rings. The maximum absolute atomic E-state index is 5.67. The average molecular weight is 214 g/mol. The van der Waals surface area contributed by atoms with Gasteiger partial charge >= 0.3 is 0 Å². The van der Waals surface area contributed by atoms with Crippen LogP contribution in [0.4, 0.5) is 5.82 Å². The van der Waals surface area contributed by atoms with E-state index in [2.05, 4.69) is 29.1 Å². The van der Waals surface area contributed by atoms with Gasteiger partial charge in [-0.1, -0.05) is 19.8 Å². The molecule has 0 aliphatic heterocycles. The van der Waals surface area contributed by atoms with E-state index in [9.17, 15) is 0 Å². The number of hydrogen-bond acceptors (Lipinski definition) is 3. The van der Waals surface area contributed by atoms with E-state index in [-0.39, 0.29) is 5.28 Å². The zero-order valence-electron chi connectivity index (χ0n) is 8.63. The Kier molecular flexibility index (Phi) is 4.66. The Hall–Kier alpha value is -0.830. The molecule has 0 spiro atoms. The fraction of sp³-hybridized carbons (Fsp3) is 0.600. The second kappa shape index (κ2) is 5.81. The molecule has 0 fully saturated rings. The fourth-order valence-corrected chi connectivity index (χ4v) is 1.40. The first-order valence-corrected chi connectivity index (χ1v) is 5.35. The molecule has 0 amide bonds. The number of aromatic nitrogens is 2. The molecule has 0 saturated heterocycles. The molecule has 0 radical (unpaired) electrons. The summed E-state index contributed by atoms with van der Waals surface area (Å²) < 4.78 is 0. The Balaban J connectivity index is 2.43. The lowest BCUT2D eigenvalue weighted by Gasteiger charge is -2.13. The quantitative estimate of drug-likeness (QED) is 0.764. The van der Waals surface area contributed by atoms with Crippen molar-refractivity contribution in [3.8, 4) is 0 Å². The van der Waals surface area contributed by atoms with E-state index in [0.29, 0.717) is 6.04 Å². The summed E-state index contributed by atoms with van der Waals surface area (Å²) in [5.41, 5.74) is 0. The minimum atomic E-state index is 0.290. The Morgan fingerprint density at radius 2 is 2.36 bits per heavy atom. The number of hydrogen-bond donors (Lipinski definition) is 1. The standard InChI is InChI=1S/C10H16ClN3/c1-3-4-5-8(2)13-9-6-7-12-10(11)14-9/h6-8H,3-5H2,1-2H3,(H,12,13,14). The van der Waals surface area contributed by atoms with Crippen LogP contribution < -0.4 is 5.32 Å². The van der Waals surface area contributed by atoms with Gasteiger partial charge in [0.15, 0.2) is 0 Å². The van der Waals surface area contributed by atoms with Crippen molar-refractivity contribution in [3.05, 3.63) is 17.5 Å². The van der Waals surface area contributed by atoms with Gasteiger partial charge in [0.05, 0.1) is 0 Å². The third-order valence-corrected chi connectivity index (χ3v) is 2.19. The van der Waals surface area contributed by atoms with E-state index >= 15 is 0 Å². The molecule has 0 aliphatic rings. The lowest BCUT2D eigenvalue weighted by Crippen LogP contribution is -2.15. The minimum absolute atomic E-state index is 0.290.